The Labute approximate surface area is 95.0 Å². The van der Waals surface area contributed by atoms with Crippen LogP contribution in [0.1, 0.15) is 65.2 Å². The van der Waals surface area contributed by atoms with Crippen molar-refractivity contribution in [1.82, 2.24) is 5.32 Å². The van der Waals surface area contributed by atoms with Crippen LogP contribution < -0.4 is 5.32 Å². The van der Waals surface area contributed by atoms with Gasteiger partial charge in [0.05, 0.1) is 0 Å². The van der Waals surface area contributed by atoms with Gasteiger partial charge < -0.3 is 5.32 Å². The second-order valence-electron chi connectivity index (χ2n) is 6.11. The molecular weight excluding hydrogens is 182 g/mol. The number of rotatable bonds is 7. The quantitative estimate of drug-likeness (QED) is 0.673. The Morgan fingerprint density at radius 2 is 2.07 bits per heavy atom. The van der Waals surface area contributed by atoms with Crippen LogP contribution in [0.25, 0.3) is 0 Å². The van der Waals surface area contributed by atoms with E-state index < -0.39 is 0 Å². The van der Waals surface area contributed by atoms with Gasteiger partial charge in [0.1, 0.15) is 0 Å². The van der Waals surface area contributed by atoms with Crippen molar-refractivity contribution in [3.63, 3.8) is 0 Å². The molecule has 2 rings (SSSR count). The molecule has 0 aromatic heterocycles. The van der Waals surface area contributed by atoms with Crippen molar-refractivity contribution >= 4 is 0 Å². The summed E-state index contributed by atoms with van der Waals surface area (Å²) >= 11 is 0. The lowest BCUT2D eigenvalue weighted by Crippen LogP contribution is -2.41. The standard InChI is InChI=1S/C14H27N/c1-3-5-12(2)10-14(8-4-9-14)11-15-13-6-7-13/h12-13,15H,3-11H2,1-2H3. The van der Waals surface area contributed by atoms with E-state index in [9.17, 15) is 0 Å². The zero-order chi connectivity index (χ0) is 10.7. The second kappa shape index (κ2) is 4.86. The van der Waals surface area contributed by atoms with Gasteiger partial charge in [0.15, 0.2) is 0 Å². The van der Waals surface area contributed by atoms with Gasteiger partial charge in [-0.3, -0.25) is 0 Å². The molecule has 15 heavy (non-hydrogen) atoms. The smallest absolute Gasteiger partial charge is 0.00684 e. The van der Waals surface area contributed by atoms with Crippen LogP contribution in [0.5, 0.6) is 0 Å². The van der Waals surface area contributed by atoms with Gasteiger partial charge in [0.2, 0.25) is 0 Å². The van der Waals surface area contributed by atoms with Gasteiger partial charge in [-0.1, -0.05) is 33.1 Å². The van der Waals surface area contributed by atoms with E-state index in [1.807, 2.05) is 0 Å². The summed E-state index contributed by atoms with van der Waals surface area (Å²) in [6.45, 7) is 6.07. The average Bonchev–Trinajstić information content (AvgIpc) is 2.93. The van der Waals surface area contributed by atoms with Crippen LogP contribution in [0.2, 0.25) is 0 Å². The minimum absolute atomic E-state index is 0.706. The largest absolute Gasteiger partial charge is 0.313 e. The summed E-state index contributed by atoms with van der Waals surface area (Å²) in [5.74, 6) is 0.941. The third kappa shape index (κ3) is 3.21. The first kappa shape index (κ1) is 11.4. The van der Waals surface area contributed by atoms with Crippen molar-refractivity contribution in [3.05, 3.63) is 0 Å². The van der Waals surface area contributed by atoms with Crippen LogP contribution in [0.15, 0.2) is 0 Å². The molecule has 0 spiro atoms. The summed E-state index contributed by atoms with van der Waals surface area (Å²) < 4.78 is 0. The summed E-state index contributed by atoms with van der Waals surface area (Å²) in [6, 6.07) is 0.893. The first-order valence-electron chi connectivity index (χ1n) is 6.97. The normalized spacial score (nSPS) is 26.0. The lowest BCUT2D eigenvalue weighted by molar-refractivity contribution is 0.0921. The van der Waals surface area contributed by atoms with Gasteiger partial charge in [0.25, 0.3) is 0 Å². The molecule has 1 nitrogen and oxygen atoms in total. The van der Waals surface area contributed by atoms with Crippen LogP contribution in [-0.2, 0) is 0 Å². The van der Waals surface area contributed by atoms with Crippen LogP contribution in [0.3, 0.4) is 0 Å². The van der Waals surface area contributed by atoms with Gasteiger partial charge >= 0.3 is 0 Å². The van der Waals surface area contributed by atoms with E-state index in [0.717, 1.165) is 12.0 Å². The Bertz CT molecular complexity index is 192. The predicted molar refractivity (Wildman–Crippen MR) is 66.0 cm³/mol. The summed E-state index contributed by atoms with van der Waals surface area (Å²) in [5.41, 5.74) is 0.706. The molecule has 0 saturated heterocycles. The third-order valence-electron chi connectivity index (χ3n) is 4.32. The molecule has 88 valence electrons. The van der Waals surface area contributed by atoms with E-state index in [-0.39, 0.29) is 0 Å². The van der Waals surface area contributed by atoms with Crippen LogP contribution >= 0.6 is 0 Å². The topological polar surface area (TPSA) is 12.0 Å². The number of nitrogens with one attached hydrogen (secondary N) is 1. The number of hydrogen-bond donors (Lipinski definition) is 1. The minimum Gasteiger partial charge on any atom is -0.313 e. The van der Waals surface area contributed by atoms with Crippen molar-refractivity contribution in [2.45, 2.75) is 71.3 Å². The van der Waals surface area contributed by atoms with Crippen molar-refractivity contribution in [2.75, 3.05) is 6.54 Å². The van der Waals surface area contributed by atoms with Gasteiger partial charge in [0, 0.05) is 12.6 Å². The van der Waals surface area contributed by atoms with Gasteiger partial charge in [-0.05, 0) is 43.4 Å². The van der Waals surface area contributed by atoms with Crippen LogP contribution in [0.4, 0.5) is 0 Å². The molecule has 0 radical (unpaired) electrons. The molecule has 0 bridgehead atoms. The van der Waals surface area contributed by atoms with Crippen molar-refractivity contribution in [1.29, 1.82) is 0 Å². The fraction of sp³-hybridized carbons (Fsp3) is 1.00. The zero-order valence-corrected chi connectivity index (χ0v) is 10.5. The molecular formula is C14H27N. The Hall–Kier alpha value is -0.0400. The molecule has 1 unspecified atom stereocenters. The molecule has 0 heterocycles. The predicted octanol–water partition coefficient (Wildman–Crippen LogP) is 3.74. The maximum absolute atomic E-state index is 3.75. The van der Waals surface area contributed by atoms with Crippen LogP contribution in [-0.4, -0.2) is 12.6 Å². The van der Waals surface area contributed by atoms with Crippen molar-refractivity contribution in [3.8, 4) is 0 Å². The van der Waals surface area contributed by atoms with Gasteiger partial charge in [-0.25, -0.2) is 0 Å². The molecule has 2 aliphatic rings. The highest BCUT2D eigenvalue weighted by Crippen LogP contribution is 2.46. The van der Waals surface area contributed by atoms with Gasteiger partial charge in [-0.15, -0.1) is 0 Å². The van der Waals surface area contributed by atoms with E-state index in [1.165, 1.54) is 57.9 Å². The highest BCUT2D eigenvalue weighted by atomic mass is 15.0. The average molecular weight is 209 g/mol. The fourth-order valence-corrected chi connectivity index (χ4v) is 3.11. The maximum atomic E-state index is 3.75. The Kier molecular flexibility index (Phi) is 3.71. The second-order valence-corrected chi connectivity index (χ2v) is 6.11. The fourth-order valence-electron chi connectivity index (χ4n) is 3.11. The van der Waals surface area contributed by atoms with E-state index in [0.29, 0.717) is 5.41 Å². The summed E-state index contributed by atoms with van der Waals surface area (Å²) in [7, 11) is 0. The molecule has 1 heteroatoms. The number of hydrogen-bond acceptors (Lipinski definition) is 1. The van der Waals surface area contributed by atoms with Crippen molar-refractivity contribution < 1.29 is 0 Å². The van der Waals surface area contributed by atoms with E-state index >= 15 is 0 Å². The van der Waals surface area contributed by atoms with E-state index in [4.69, 9.17) is 0 Å². The molecule has 0 amide bonds. The molecule has 2 fully saturated rings. The molecule has 2 aliphatic carbocycles. The highest BCUT2D eigenvalue weighted by Gasteiger charge is 2.38. The maximum Gasteiger partial charge on any atom is 0.00684 e. The first-order valence-corrected chi connectivity index (χ1v) is 6.97. The summed E-state index contributed by atoms with van der Waals surface area (Å²) in [6.07, 6.45) is 11.6. The molecule has 1 atom stereocenters. The molecule has 0 aromatic rings. The lowest BCUT2D eigenvalue weighted by atomic mass is 9.64. The van der Waals surface area contributed by atoms with Crippen molar-refractivity contribution in [2.24, 2.45) is 11.3 Å². The third-order valence-corrected chi connectivity index (χ3v) is 4.32. The first-order chi connectivity index (χ1) is 7.24. The lowest BCUT2D eigenvalue weighted by Gasteiger charge is -2.44. The molecule has 0 aliphatic heterocycles. The molecule has 0 aromatic carbocycles. The summed E-state index contributed by atoms with van der Waals surface area (Å²) in [5, 5.41) is 3.75. The Morgan fingerprint density at radius 3 is 2.53 bits per heavy atom. The monoisotopic (exact) mass is 209 g/mol. The highest BCUT2D eigenvalue weighted by molar-refractivity contribution is 4.93. The Morgan fingerprint density at radius 1 is 1.33 bits per heavy atom. The van der Waals surface area contributed by atoms with Crippen LogP contribution in [0, 0.1) is 11.3 Å². The SMILES string of the molecule is CCCC(C)CC1(CNC2CC2)CCC1. The van der Waals surface area contributed by atoms with E-state index in [1.54, 1.807) is 0 Å². The minimum atomic E-state index is 0.706. The summed E-state index contributed by atoms with van der Waals surface area (Å²) in [4.78, 5) is 0. The molecule has 1 N–H and O–H groups in total. The molecule has 2 saturated carbocycles. The van der Waals surface area contributed by atoms with E-state index in [2.05, 4.69) is 19.2 Å². The zero-order valence-electron chi connectivity index (χ0n) is 10.5. The van der Waals surface area contributed by atoms with Gasteiger partial charge in [-0.2, -0.15) is 0 Å². The Balaban J connectivity index is 1.73.